The first-order valence-electron chi connectivity index (χ1n) is 13.2. The van der Waals surface area contributed by atoms with Crippen LogP contribution in [0.1, 0.15) is 59.2 Å². The van der Waals surface area contributed by atoms with Gasteiger partial charge in [0.05, 0.1) is 35.6 Å². The molecule has 1 aliphatic rings. The summed E-state index contributed by atoms with van der Waals surface area (Å²) >= 11 is 0. The van der Waals surface area contributed by atoms with Crippen molar-refractivity contribution in [3.8, 4) is 28.0 Å². The van der Waals surface area contributed by atoms with E-state index in [0.29, 0.717) is 11.7 Å². The smallest absolute Gasteiger partial charge is 0.339 e. The molecule has 4 heterocycles. The average molecular weight is 523 g/mol. The Balaban J connectivity index is 1.61. The van der Waals surface area contributed by atoms with Crippen LogP contribution in [-0.2, 0) is 0 Å². The van der Waals surface area contributed by atoms with Gasteiger partial charge in [-0.3, -0.25) is 9.97 Å². The molecule has 1 aromatic carbocycles. The molecule has 1 N–H and O–H groups in total. The zero-order chi connectivity index (χ0) is 27.1. The normalized spacial score (nSPS) is 14.6. The van der Waals surface area contributed by atoms with Gasteiger partial charge < -0.3 is 18.9 Å². The molecule has 4 aromatic heterocycles. The molecule has 6 rings (SSSR count). The number of aromatic nitrogens is 4. The van der Waals surface area contributed by atoms with Gasteiger partial charge in [-0.25, -0.2) is 4.79 Å². The van der Waals surface area contributed by atoms with E-state index in [1.54, 1.807) is 12.1 Å². The molecule has 1 unspecified atom stereocenters. The average Bonchev–Trinajstić information content (AvgIpc) is 3.69. The number of nitrogens with zero attached hydrogens (tertiary/aromatic N) is 4. The van der Waals surface area contributed by atoms with Crippen LogP contribution >= 0.6 is 0 Å². The Morgan fingerprint density at radius 2 is 1.92 bits per heavy atom. The molecule has 1 fully saturated rings. The van der Waals surface area contributed by atoms with Gasteiger partial charge in [0.2, 0.25) is 0 Å². The fourth-order valence-electron chi connectivity index (χ4n) is 6.07. The number of pyridine rings is 2. The van der Waals surface area contributed by atoms with E-state index < -0.39 is 5.97 Å². The van der Waals surface area contributed by atoms with Crippen molar-refractivity contribution in [2.45, 2.75) is 45.6 Å². The van der Waals surface area contributed by atoms with E-state index in [9.17, 15) is 9.90 Å². The highest BCUT2D eigenvalue weighted by molar-refractivity contribution is 5.97. The predicted octanol–water partition coefficient (Wildman–Crippen LogP) is 6.86. The van der Waals surface area contributed by atoms with E-state index in [1.807, 2.05) is 44.4 Å². The molecule has 1 atom stereocenters. The van der Waals surface area contributed by atoms with Gasteiger partial charge in [-0.1, -0.05) is 30.1 Å². The number of fused-ring (bicyclic) bond motifs is 1. The molecule has 0 amide bonds. The molecule has 0 bridgehead atoms. The summed E-state index contributed by atoms with van der Waals surface area (Å²) in [5, 5.41) is 13.8. The lowest BCUT2D eigenvalue weighted by Gasteiger charge is -2.26. The number of carboxylic acid groups (broad SMARTS) is 1. The molecule has 8 heteroatoms. The second kappa shape index (κ2) is 10.0. The Bertz CT molecular complexity index is 1650. The number of ether oxygens (including phenoxy) is 1. The van der Waals surface area contributed by atoms with Crippen molar-refractivity contribution in [3.05, 3.63) is 83.8 Å². The zero-order valence-electron chi connectivity index (χ0n) is 22.2. The number of aromatic carboxylic acids is 1. The molecule has 1 aliphatic carbocycles. The third-order valence-corrected chi connectivity index (χ3v) is 7.87. The summed E-state index contributed by atoms with van der Waals surface area (Å²) in [4.78, 5) is 21.5. The third kappa shape index (κ3) is 4.35. The number of benzene rings is 1. The van der Waals surface area contributed by atoms with Crippen LogP contribution in [0.15, 0.2) is 65.6 Å². The summed E-state index contributed by atoms with van der Waals surface area (Å²) in [7, 11) is 1.49. The third-order valence-electron chi connectivity index (χ3n) is 7.87. The lowest BCUT2D eigenvalue weighted by Crippen LogP contribution is -2.19. The number of methoxy groups -OCH3 is 1. The number of carbonyl (C=O) groups is 1. The first-order chi connectivity index (χ1) is 19.0. The van der Waals surface area contributed by atoms with Crippen LogP contribution in [0.3, 0.4) is 0 Å². The summed E-state index contributed by atoms with van der Waals surface area (Å²) in [5.41, 5.74) is 7.40. The van der Waals surface area contributed by atoms with Gasteiger partial charge in [0.15, 0.2) is 0 Å². The number of carboxylic acids is 1. The van der Waals surface area contributed by atoms with Gasteiger partial charge in [0, 0.05) is 35.3 Å². The molecular formula is C31H30N4O4. The van der Waals surface area contributed by atoms with E-state index in [4.69, 9.17) is 19.2 Å². The van der Waals surface area contributed by atoms with Crippen LogP contribution in [0.4, 0.5) is 0 Å². The fraction of sp³-hybridized carbons (Fsp3) is 0.290. The molecule has 198 valence electrons. The van der Waals surface area contributed by atoms with Gasteiger partial charge in [-0.2, -0.15) is 0 Å². The number of hydrogen-bond donors (Lipinski definition) is 1. The molecule has 1 saturated carbocycles. The summed E-state index contributed by atoms with van der Waals surface area (Å²) in [6, 6.07) is 13.5. The van der Waals surface area contributed by atoms with Crippen molar-refractivity contribution in [1.29, 1.82) is 0 Å². The maximum Gasteiger partial charge on any atom is 0.339 e. The van der Waals surface area contributed by atoms with Crippen LogP contribution in [-0.4, -0.2) is 37.9 Å². The van der Waals surface area contributed by atoms with E-state index >= 15 is 0 Å². The highest BCUT2D eigenvalue weighted by atomic mass is 16.5. The van der Waals surface area contributed by atoms with Crippen LogP contribution in [0.2, 0.25) is 0 Å². The summed E-state index contributed by atoms with van der Waals surface area (Å²) < 4.78 is 13.2. The minimum absolute atomic E-state index is 0.0341. The Hall–Kier alpha value is -4.46. The lowest BCUT2D eigenvalue weighted by atomic mass is 9.94. The number of rotatable bonds is 7. The summed E-state index contributed by atoms with van der Waals surface area (Å²) in [6.45, 7) is 3.85. The Morgan fingerprint density at radius 3 is 2.59 bits per heavy atom. The first-order valence-corrected chi connectivity index (χ1v) is 13.2. The maximum atomic E-state index is 11.7. The van der Waals surface area contributed by atoms with Crippen LogP contribution in [0, 0.1) is 19.8 Å². The first kappa shape index (κ1) is 24.9. The van der Waals surface area contributed by atoms with Gasteiger partial charge in [-0.15, -0.1) is 0 Å². The van der Waals surface area contributed by atoms with Crippen molar-refractivity contribution >= 4 is 17.0 Å². The van der Waals surface area contributed by atoms with Gasteiger partial charge >= 0.3 is 5.97 Å². The summed E-state index contributed by atoms with van der Waals surface area (Å²) in [5.74, 6) is 0.470. The largest absolute Gasteiger partial charge is 0.496 e. The van der Waals surface area contributed by atoms with Crippen LogP contribution < -0.4 is 4.74 Å². The second-order valence-electron chi connectivity index (χ2n) is 10.2. The van der Waals surface area contributed by atoms with E-state index in [2.05, 4.69) is 28.1 Å². The van der Waals surface area contributed by atoms with Crippen LogP contribution in [0.25, 0.3) is 33.3 Å². The van der Waals surface area contributed by atoms with Crippen molar-refractivity contribution in [1.82, 2.24) is 19.7 Å². The SMILES string of the molecule is COc1cc(-c2cn(C(c3ccccn3)C3CCCC3)c3cc(-c4c(C)noc4C)cnc23)ccc1C(=O)O. The molecule has 8 nitrogen and oxygen atoms in total. The minimum atomic E-state index is -1.03. The molecule has 0 saturated heterocycles. The summed E-state index contributed by atoms with van der Waals surface area (Å²) in [6.07, 6.45) is 10.5. The van der Waals surface area contributed by atoms with Crippen molar-refractivity contribution in [3.63, 3.8) is 0 Å². The molecule has 0 spiro atoms. The second-order valence-corrected chi connectivity index (χ2v) is 10.2. The van der Waals surface area contributed by atoms with Crippen LogP contribution in [0.5, 0.6) is 5.75 Å². The van der Waals surface area contributed by atoms with E-state index in [0.717, 1.165) is 63.3 Å². The predicted molar refractivity (Wildman–Crippen MR) is 148 cm³/mol. The van der Waals surface area contributed by atoms with Crippen molar-refractivity contribution in [2.24, 2.45) is 5.92 Å². The highest BCUT2D eigenvalue weighted by Gasteiger charge is 2.31. The Labute approximate surface area is 226 Å². The monoisotopic (exact) mass is 522 g/mol. The molecular weight excluding hydrogens is 492 g/mol. The molecule has 39 heavy (non-hydrogen) atoms. The van der Waals surface area contributed by atoms with Gasteiger partial charge in [0.1, 0.15) is 17.1 Å². The fourth-order valence-corrected chi connectivity index (χ4v) is 6.07. The van der Waals surface area contributed by atoms with Gasteiger partial charge in [0.25, 0.3) is 0 Å². The Morgan fingerprint density at radius 1 is 1.10 bits per heavy atom. The zero-order valence-corrected chi connectivity index (χ0v) is 22.2. The standard InChI is InChI=1S/C31H30N4O4/c1-18-28(19(2)39-34-18)22-14-26-29(33-16-22)24(21-11-12-23(31(36)37)27(15-21)38-3)17-35(26)30(20-8-4-5-9-20)25-10-6-7-13-32-25/h6-7,10-17,20,30H,4-5,8-9H2,1-3H3,(H,36,37). The van der Waals surface area contributed by atoms with Crippen molar-refractivity contribution < 1.29 is 19.2 Å². The molecule has 5 aromatic rings. The Kier molecular flexibility index (Phi) is 6.38. The topological polar surface area (TPSA) is 103 Å². The van der Waals surface area contributed by atoms with Crippen molar-refractivity contribution in [2.75, 3.05) is 7.11 Å². The van der Waals surface area contributed by atoms with Gasteiger partial charge in [-0.05, 0) is 68.5 Å². The molecule has 0 aliphatic heterocycles. The lowest BCUT2D eigenvalue weighted by molar-refractivity contribution is 0.0693. The maximum absolute atomic E-state index is 11.7. The quantitative estimate of drug-likeness (QED) is 0.249. The minimum Gasteiger partial charge on any atom is -0.496 e. The number of hydrogen-bond acceptors (Lipinski definition) is 6. The highest BCUT2D eigenvalue weighted by Crippen LogP contribution is 2.43. The van der Waals surface area contributed by atoms with E-state index in [1.165, 1.54) is 20.0 Å². The van der Waals surface area contributed by atoms with E-state index in [-0.39, 0.29) is 11.6 Å². The number of aryl methyl sites for hydroxylation is 2. The molecule has 0 radical (unpaired) electrons.